The molecule has 0 radical (unpaired) electrons. The van der Waals surface area contributed by atoms with E-state index in [0.29, 0.717) is 25.0 Å². The Hall–Kier alpha value is -2.18. The van der Waals surface area contributed by atoms with E-state index in [-0.39, 0.29) is 34.0 Å². The number of amides is 1. The van der Waals surface area contributed by atoms with E-state index in [1.165, 1.54) is 12.1 Å². The van der Waals surface area contributed by atoms with Crippen molar-refractivity contribution in [2.24, 2.45) is 11.8 Å². The summed E-state index contributed by atoms with van der Waals surface area (Å²) in [6.07, 6.45) is -0.336. The maximum absolute atomic E-state index is 13.5. The molecule has 35 heavy (non-hydrogen) atoms. The van der Waals surface area contributed by atoms with Gasteiger partial charge in [0, 0.05) is 23.4 Å². The second kappa shape index (κ2) is 9.36. The third kappa shape index (κ3) is 4.44. The molecule has 4 rings (SSSR count). The number of anilines is 1. The van der Waals surface area contributed by atoms with Crippen LogP contribution in [0, 0.1) is 29.3 Å². The number of carbonyl (C=O) groups is 1. The Morgan fingerprint density at radius 1 is 1.11 bits per heavy atom. The number of benzene rings is 2. The second-order valence-electron chi connectivity index (χ2n) is 9.05. The standard InChI is InChI=1S/C23H23ClF3NO6S/c24-16-4-1-11(22(31)28-14-8-17(25)21(27)18(26)9-14)5-19(16)35(33,34)15-6-12-2-3-13(7-15)23(12,32)20(30)10-29/h1,4-5,8-9,12-13,15,20,29-30,32H,2-3,6-7,10H2,(H,28,31). The molecule has 2 aromatic rings. The highest BCUT2D eigenvalue weighted by Gasteiger charge is 2.58. The molecule has 0 saturated heterocycles. The molecule has 0 aliphatic heterocycles. The monoisotopic (exact) mass is 533 g/mol. The van der Waals surface area contributed by atoms with Gasteiger partial charge in [-0.1, -0.05) is 11.6 Å². The molecule has 2 fully saturated rings. The zero-order chi connectivity index (χ0) is 25.7. The number of fused-ring (bicyclic) bond motifs is 2. The lowest BCUT2D eigenvalue weighted by molar-refractivity contribution is -0.154. The highest BCUT2D eigenvalue weighted by Crippen LogP contribution is 2.53. The molecular formula is C23H23ClF3NO6S. The highest BCUT2D eigenvalue weighted by atomic mass is 35.5. The second-order valence-corrected chi connectivity index (χ2v) is 11.7. The lowest BCUT2D eigenvalue weighted by Crippen LogP contribution is -2.56. The lowest BCUT2D eigenvalue weighted by atomic mass is 9.71. The molecule has 7 nitrogen and oxygen atoms in total. The van der Waals surface area contributed by atoms with Crippen LogP contribution in [0.5, 0.6) is 0 Å². The molecule has 12 heteroatoms. The van der Waals surface area contributed by atoms with Crippen LogP contribution in [0.3, 0.4) is 0 Å². The van der Waals surface area contributed by atoms with Crippen LogP contribution >= 0.6 is 11.6 Å². The van der Waals surface area contributed by atoms with E-state index >= 15 is 0 Å². The number of hydrogen-bond donors (Lipinski definition) is 4. The Kier molecular flexibility index (Phi) is 6.93. The van der Waals surface area contributed by atoms with E-state index in [1.807, 2.05) is 0 Å². The molecule has 2 aliphatic carbocycles. The Balaban J connectivity index is 1.60. The van der Waals surface area contributed by atoms with Gasteiger partial charge in [0.2, 0.25) is 0 Å². The van der Waals surface area contributed by atoms with Crippen molar-refractivity contribution in [3.05, 3.63) is 58.4 Å². The van der Waals surface area contributed by atoms with Crippen molar-refractivity contribution in [2.45, 2.75) is 47.5 Å². The van der Waals surface area contributed by atoms with Gasteiger partial charge < -0.3 is 20.6 Å². The van der Waals surface area contributed by atoms with Gasteiger partial charge in [-0.05, 0) is 55.7 Å². The van der Waals surface area contributed by atoms with Gasteiger partial charge in [-0.25, -0.2) is 21.6 Å². The maximum atomic E-state index is 13.5. The molecule has 2 aliphatic rings. The van der Waals surface area contributed by atoms with Crippen LogP contribution < -0.4 is 5.32 Å². The molecular weight excluding hydrogens is 511 g/mol. The molecule has 0 spiro atoms. The zero-order valence-corrected chi connectivity index (χ0v) is 19.8. The first-order valence-corrected chi connectivity index (χ1v) is 12.8. The molecule has 2 bridgehead atoms. The molecule has 4 N–H and O–H groups in total. The summed E-state index contributed by atoms with van der Waals surface area (Å²) in [6, 6.07) is 4.66. The van der Waals surface area contributed by atoms with Crippen molar-refractivity contribution in [3.8, 4) is 0 Å². The van der Waals surface area contributed by atoms with E-state index in [0.717, 1.165) is 6.07 Å². The number of rotatable bonds is 6. The minimum absolute atomic E-state index is 0.0350. The number of aliphatic hydroxyl groups is 3. The molecule has 3 unspecified atom stereocenters. The average Bonchev–Trinajstić information content (AvgIpc) is 2.98. The van der Waals surface area contributed by atoms with Crippen LogP contribution in [0.25, 0.3) is 0 Å². The first kappa shape index (κ1) is 25.9. The quantitative estimate of drug-likeness (QED) is 0.423. The van der Waals surface area contributed by atoms with Crippen molar-refractivity contribution in [2.75, 3.05) is 11.9 Å². The minimum Gasteiger partial charge on any atom is -0.394 e. The fourth-order valence-electron chi connectivity index (χ4n) is 5.36. The number of hydrogen-bond acceptors (Lipinski definition) is 6. The Morgan fingerprint density at radius 3 is 2.23 bits per heavy atom. The minimum atomic E-state index is -4.09. The van der Waals surface area contributed by atoms with Gasteiger partial charge in [0.1, 0.15) is 6.10 Å². The van der Waals surface area contributed by atoms with Crippen molar-refractivity contribution in [1.82, 2.24) is 0 Å². The fourth-order valence-corrected chi connectivity index (χ4v) is 7.76. The SMILES string of the molecule is O=C(Nc1cc(F)c(F)c(F)c1)c1ccc(Cl)c(S(=O)(=O)C2CC3CCC(C2)C3(O)C(O)CO)c1. The number of halogens is 4. The smallest absolute Gasteiger partial charge is 0.255 e. The Labute approximate surface area is 204 Å². The predicted octanol–water partition coefficient (Wildman–Crippen LogP) is 3.06. The van der Waals surface area contributed by atoms with E-state index in [4.69, 9.17) is 11.6 Å². The first-order chi connectivity index (χ1) is 16.4. The third-order valence-electron chi connectivity index (χ3n) is 7.15. The number of sulfone groups is 1. The van der Waals surface area contributed by atoms with Gasteiger partial charge in [-0.2, -0.15) is 0 Å². The van der Waals surface area contributed by atoms with Gasteiger partial charge in [-0.15, -0.1) is 0 Å². The number of carbonyl (C=O) groups excluding carboxylic acids is 1. The highest BCUT2D eigenvalue weighted by molar-refractivity contribution is 7.92. The largest absolute Gasteiger partial charge is 0.394 e. The molecule has 0 aromatic heterocycles. The molecule has 3 atom stereocenters. The van der Waals surface area contributed by atoms with Gasteiger partial charge in [0.15, 0.2) is 27.3 Å². The van der Waals surface area contributed by atoms with Crippen molar-refractivity contribution < 1.29 is 41.7 Å². The van der Waals surface area contributed by atoms with Crippen LogP contribution in [0.4, 0.5) is 18.9 Å². The van der Waals surface area contributed by atoms with Crippen LogP contribution in [-0.4, -0.2) is 53.2 Å². The Bertz CT molecular complexity index is 1240. The molecule has 2 saturated carbocycles. The van der Waals surface area contributed by atoms with Gasteiger partial charge >= 0.3 is 0 Å². The van der Waals surface area contributed by atoms with Crippen LogP contribution in [0.1, 0.15) is 36.0 Å². The first-order valence-electron chi connectivity index (χ1n) is 10.9. The predicted molar refractivity (Wildman–Crippen MR) is 120 cm³/mol. The van der Waals surface area contributed by atoms with E-state index < -0.39 is 68.6 Å². The molecule has 190 valence electrons. The van der Waals surface area contributed by atoms with Crippen LogP contribution in [0.2, 0.25) is 5.02 Å². The van der Waals surface area contributed by atoms with Gasteiger partial charge in [0.05, 0.1) is 27.4 Å². The molecule has 2 aromatic carbocycles. The summed E-state index contributed by atoms with van der Waals surface area (Å²) in [4.78, 5) is 12.3. The number of nitrogens with one attached hydrogen (secondary N) is 1. The summed E-state index contributed by atoms with van der Waals surface area (Å²) in [7, 11) is -4.09. The summed E-state index contributed by atoms with van der Waals surface area (Å²) in [5.41, 5.74) is -2.10. The summed E-state index contributed by atoms with van der Waals surface area (Å²) < 4.78 is 67.1. The van der Waals surface area contributed by atoms with E-state index in [9.17, 15) is 41.7 Å². The molecule has 0 heterocycles. The topological polar surface area (TPSA) is 124 Å². The van der Waals surface area contributed by atoms with E-state index in [2.05, 4.69) is 5.32 Å². The third-order valence-corrected chi connectivity index (χ3v) is 9.81. The normalized spacial score (nSPS) is 27.0. The fraction of sp³-hybridized carbons (Fsp3) is 0.435. The van der Waals surface area contributed by atoms with Crippen LogP contribution in [0.15, 0.2) is 35.2 Å². The van der Waals surface area contributed by atoms with Gasteiger partial charge in [-0.3, -0.25) is 4.79 Å². The average molecular weight is 534 g/mol. The van der Waals surface area contributed by atoms with Gasteiger partial charge in [0.25, 0.3) is 5.91 Å². The Morgan fingerprint density at radius 2 is 1.69 bits per heavy atom. The lowest BCUT2D eigenvalue weighted by Gasteiger charge is -2.44. The van der Waals surface area contributed by atoms with Crippen molar-refractivity contribution >= 4 is 33.0 Å². The van der Waals surface area contributed by atoms with E-state index in [1.54, 1.807) is 0 Å². The summed E-state index contributed by atoms with van der Waals surface area (Å²) >= 11 is 6.17. The maximum Gasteiger partial charge on any atom is 0.255 e. The summed E-state index contributed by atoms with van der Waals surface area (Å²) in [5, 5.41) is 31.6. The van der Waals surface area contributed by atoms with Crippen LogP contribution in [-0.2, 0) is 9.84 Å². The molecule has 1 amide bonds. The summed E-state index contributed by atoms with van der Waals surface area (Å²) in [6.45, 7) is -0.647. The van der Waals surface area contributed by atoms with Crippen molar-refractivity contribution in [3.63, 3.8) is 0 Å². The zero-order valence-electron chi connectivity index (χ0n) is 18.2. The summed E-state index contributed by atoms with van der Waals surface area (Å²) in [5.74, 6) is -6.68. The van der Waals surface area contributed by atoms with Crippen molar-refractivity contribution in [1.29, 1.82) is 0 Å². The number of aliphatic hydroxyl groups excluding tert-OH is 2.